The van der Waals surface area contributed by atoms with Gasteiger partial charge in [0.15, 0.2) is 5.94 Å². The molecule has 2 aromatic rings. The minimum absolute atomic E-state index is 0.227. The third-order valence-corrected chi connectivity index (χ3v) is 4.48. The molecule has 0 heterocycles. The Morgan fingerprint density at radius 1 is 1.10 bits per heavy atom. The number of ether oxygens (including phenoxy) is 1. The van der Waals surface area contributed by atoms with E-state index in [0.29, 0.717) is 11.3 Å². The van der Waals surface area contributed by atoms with Crippen molar-refractivity contribution < 1.29 is 13.2 Å². The third-order valence-electron chi connectivity index (χ3n) is 2.90. The fraction of sp³-hybridized carbons (Fsp3) is 0.200. The first-order valence-corrected chi connectivity index (χ1v) is 7.85. The Morgan fingerprint density at radius 3 is 2.50 bits per heavy atom. The lowest BCUT2D eigenvalue weighted by Crippen LogP contribution is -2.12. The number of hydrogen-bond donors (Lipinski definition) is 1. The van der Waals surface area contributed by atoms with Crippen LogP contribution in [0.25, 0.3) is 0 Å². The van der Waals surface area contributed by atoms with Crippen molar-refractivity contribution >= 4 is 15.5 Å². The molecular weight excluding hydrogens is 274 g/mol. The van der Waals surface area contributed by atoms with E-state index in [4.69, 9.17) is 10.5 Å². The summed E-state index contributed by atoms with van der Waals surface area (Å²) in [6.45, 7) is 2.00. The minimum Gasteiger partial charge on any atom is -0.399 e. The van der Waals surface area contributed by atoms with Gasteiger partial charge in [-0.1, -0.05) is 36.4 Å². The Bertz CT molecular complexity index is 682. The van der Waals surface area contributed by atoms with Crippen LogP contribution in [-0.4, -0.2) is 14.4 Å². The van der Waals surface area contributed by atoms with Gasteiger partial charge >= 0.3 is 0 Å². The number of hydrogen-bond acceptors (Lipinski definition) is 4. The molecule has 0 radical (unpaired) electrons. The predicted molar refractivity (Wildman–Crippen MR) is 78.9 cm³/mol. The highest BCUT2D eigenvalue weighted by Crippen LogP contribution is 2.20. The third kappa shape index (κ3) is 3.59. The number of benzene rings is 2. The van der Waals surface area contributed by atoms with E-state index in [-0.39, 0.29) is 17.4 Å². The van der Waals surface area contributed by atoms with Gasteiger partial charge in [0.1, 0.15) is 0 Å². The largest absolute Gasteiger partial charge is 0.399 e. The molecule has 0 aliphatic heterocycles. The lowest BCUT2D eigenvalue weighted by atomic mass is 10.2. The Kier molecular flexibility index (Phi) is 4.42. The molecule has 5 heteroatoms. The summed E-state index contributed by atoms with van der Waals surface area (Å²) in [5.74, 6) is -0.355. The molecular formula is C15H17NO3S. The molecule has 0 bridgehead atoms. The van der Waals surface area contributed by atoms with Gasteiger partial charge in [0.25, 0.3) is 0 Å². The standard InChI is InChI=1S/C15H17NO3S/c1-12-7-8-14(16)9-15(12)20(17,18)11-19-10-13-5-3-2-4-6-13/h2-9H,10-11,16H2,1H3. The molecule has 0 aliphatic rings. The summed E-state index contributed by atoms with van der Waals surface area (Å²) < 4.78 is 29.7. The van der Waals surface area contributed by atoms with Crippen molar-refractivity contribution in [3.8, 4) is 0 Å². The Hall–Kier alpha value is -1.85. The summed E-state index contributed by atoms with van der Waals surface area (Å²) >= 11 is 0. The fourth-order valence-corrected chi connectivity index (χ4v) is 3.16. The van der Waals surface area contributed by atoms with Crippen molar-refractivity contribution in [1.82, 2.24) is 0 Å². The maximum Gasteiger partial charge on any atom is 0.202 e. The number of anilines is 1. The van der Waals surface area contributed by atoms with Gasteiger partial charge in [-0.25, -0.2) is 8.42 Å². The van der Waals surface area contributed by atoms with Crippen molar-refractivity contribution in [1.29, 1.82) is 0 Å². The average molecular weight is 291 g/mol. The number of nitrogen functional groups attached to an aromatic ring is 1. The van der Waals surface area contributed by atoms with E-state index >= 15 is 0 Å². The smallest absolute Gasteiger partial charge is 0.202 e. The van der Waals surface area contributed by atoms with Gasteiger partial charge in [-0.15, -0.1) is 0 Å². The van der Waals surface area contributed by atoms with Crippen LogP contribution in [0.3, 0.4) is 0 Å². The minimum atomic E-state index is -3.49. The molecule has 0 spiro atoms. The molecule has 0 saturated carbocycles. The second-order valence-corrected chi connectivity index (χ2v) is 6.50. The maximum absolute atomic E-state index is 12.2. The summed E-state index contributed by atoms with van der Waals surface area (Å²) in [5, 5.41) is 0. The van der Waals surface area contributed by atoms with Crippen LogP contribution in [0.15, 0.2) is 53.4 Å². The van der Waals surface area contributed by atoms with E-state index in [2.05, 4.69) is 0 Å². The normalized spacial score (nSPS) is 11.4. The van der Waals surface area contributed by atoms with Crippen LogP contribution < -0.4 is 5.73 Å². The van der Waals surface area contributed by atoms with Gasteiger partial charge in [-0.3, -0.25) is 0 Å². The van der Waals surface area contributed by atoms with Crippen LogP contribution in [0.5, 0.6) is 0 Å². The molecule has 0 aromatic heterocycles. The molecule has 0 saturated heterocycles. The fourth-order valence-electron chi connectivity index (χ4n) is 1.86. The van der Waals surface area contributed by atoms with Gasteiger partial charge in [-0.2, -0.15) is 0 Å². The molecule has 2 rings (SSSR count). The van der Waals surface area contributed by atoms with Gasteiger partial charge in [-0.05, 0) is 30.2 Å². The monoisotopic (exact) mass is 291 g/mol. The van der Waals surface area contributed by atoms with Crippen molar-refractivity contribution in [2.24, 2.45) is 0 Å². The molecule has 0 atom stereocenters. The van der Waals surface area contributed by atoms with E-state index in [1.165, 1.54) is 6.07 Å². The summed E-state index contributed by atoms with van der Waals surface area (Å²) in [5.41, 5.74) is 7.67. The lowest BCUT2D eigenvalue weighted by Gasteiger charge is -2.09. The van der Waals surface area contributed by atoms with E-state index in [9.17, 15) is 8.42 Å². The van der Waals surface area contributed by atoms with Crippen LogP contribution in [0.2, 0.25) is 0 Å². The molecule has 2 N–H and O–H groups in total. The summed E-state index contributed by atoms with van der Waals surface area (Å²) in [4.78, 5) is 0.227. The highest BCUT2D eigenvalue weighted by Gasteiger charge is 2.17. The molecule has 0 unspecified atom stereocenters. The highest BCUT2D eigenvalue weighted by molar-refractivity contribution is 7.91. The van der Waals surface area contributed by atoms with E-state index in [0.717, 1.165) is 5.56 Å². The van der Waals surface area contributed by atoms with E-state index in [1.54, 1.807) is 19.1 Å². The molecule has 20 heavy (non-hydrogen) atoms. The number of nitrogens with two attached hydrogens (primary N) is 1. The van der Waals surface area contributed by atoms with Crippen molar-refractivity contribution in [2.75, 3.05) is 11.7 Å². The van der Waals surface area contributed by atoms with Crippen LogP contribution in [0.4, 0.5) is 5.69 Å². The lowest BCUT2D eigenvalue weighted by molar-refractivity contribution is 0.163. The molecule has 4 nitrogen and oxygen atoms in total. The summed E-state index contributed by atoms with van der Waals surface area (Å²) in [6, 6.07) is 14.3. The van der Waals surface area contributed by atoms with E-state index in [1.807, 2.05) is 30.3 Å². The quantitative estimate of drug-likeness (QED) is 0.859. The van der Waals surface area contributed by atoms with Gasteiger partial charge in [0.05, 0.1) is 11.5 Å². The number of sulfone groups is 1. The second kappa shape index (κ2) is 6.07. The number of aryl methyl sites for hydroxylation is 1. The molecule has 0 amide bonds. The second-order valence-electron chi connectivity index (χ2n) is 4.59. The zero-order valence-corrected chi connectivity index (χ0v) is 12.1. The average Bonchev–Trinajstić information content (AvgIpc) is 2.42. The van der Waals surface area contributed by atoms with Crippen LogP contribution >= 0.6 is 0 Å². The molecule has 0 aliphatic carbocycles. The van der Waals surface area contributed by atoms with Crippen LogP contribution in [-0.2, 0) is 21.2 Å². The first kappa shape index (κ1) is 14.6. The van der Waals surface area contributed by atoms with Crippen molar-refractivity contribution in [3.63, 3.8) is 0 Å². The Balaban J connectivity index is 2.06. The zero-order valence-electron chi connectivity index (χ0n) is 11.2. The molecule has 2 aromatic carbocycles. The summed E-state index contributed by atoms with van der Waals surface area (Å²) in [7, 11) is -3.49. The molecule has 0 fully saturated rings. The van der Waals surface area contributed by atoms with Crippen LogP contribution in [0, 0.1) is 6.92 Å². The van der Waals surface area contributed by atoms with Crippen LogP contribution in [0.1, 0.15) is 11.1 Å². The SMILES string of the molecule is Cc1ccc(N)cc1S(=O)(=O)COCc1ccccc1. The first-order valence-electron chi connectivity index (χ1n) is 6.19. The zero-order chi connectivity index (χ0) is 14.6. The Labute approximate surface area is 119 Å². The van der Waals surface area contributed by atoms with Gasteiger partial charge in [0, 0.05) is 5.69 Å². The van der Waals surface area contributed by atoms with E-state index < -0.39 is 9.84 Å². The molecule has 106 valence electrons. The first-order chi connectivity index (χ1) is 9.49. The Morgan fingerprint density at radius 2 is 1.80 bits per heavy atom. The summed E-state index contributed by atoms with van der Waals surface area (Å²) in [6.07, 6.45) is 0. The topological polar surface area (TPSA) is 69.4 Å². The predicted octanol–water partition coefficient (Wildman–Crippen LogP) is 2.53. The van der Waals surface area contributed by atoms with Crippen molar-refractivity contribution in [3.05, 3.63) is 59.7 Å². The van der Waals surface area contributed by atoms with Gasteiger partial charge < -0.3 is 10.5 Å². The number of rotatable bonds is 5. The maximum atomic E-state index is 12.2. The highest BCUT2D eigenvalue weighted by atomic mass is 32.2. The van der Waals surface area contributed by atoms with Gasteiger partial charge in [0.2, 0.25) is 9.84 Å². The van der Waals surface area contributed by atoms with Crippen molar-refractivity contribution in [2.45, 2.75) is 18.4 Å².